The molecule has 0 spiro atoms. The number of halogens is 1. The number of benzene rings is 1. The van der Waals surface area contributed by atoms with Gasteiger partial charge in [0, 0.05) is 17.1 Å². The van der Waals surface area contributed by atoms with Crippen molar-refractivity contribution in [3.05, 3.63) is 54.4 Å². The lowest BCUT2D eigenvalue weighted by Crippen LogP contribution is -1.86. The summed E-state index contributed by atoms with van der Waals surface area (Å²) >= 11 is 3.45. The molecule has 3 nitrogen and oxygen atoms in total. The van der Waals surface area contributed by atoms with Crippen LogP contribution in [0.3, 0.4) is 0 Å². The quantitative estimate of drug-likeness (QED) is 0.685. The van der Waals surface area contributed by atoms with E-state index in [4.69, 9.17) is 4.74 Å². The highest BCUT2D eigenvalue weighted by atomic mass is 79.9. The summed E-state index contributed by atoms with van der Waals surface area (Å²) in [5.74, 6) is 0.825. The van der Waals surface area contributed by atoms with E-state index in [-0.39, 0.29) is 0 Å². The van der Waals surface area contributed by atoms with Crippen LogP contribution in [-0.4, -0.2) is 16.5 Å². The van der Waals surface area contributed by atoms with E-state index in [1.165, 1.54) is 5.56 Å². The molecule has 0 bridgehead atoms. The second kappa shape index (κ2) is 5.05. The molecule has 2 heterocycles. The highest BCUT2D eigenvalue weighted by Gasteiger charge is 2.05. The van der Waals surface area contributed by atoms with Crippen LogP contribution in [0.5, 0.6) is 5.75 Å². The molecule has 0 amide bonds. The minimum absolute atomic E-state index is 0.825. The summed E-state index contributed by atoms with van der Waals surface area (Å²) in [6.07, 6.45) is 3.94. The number of alkyl halides is 1. The van der Waals surface area contributed by atoms with Gasteiger partial charge in [-0.3, -0.25) is 0 Å². The lowest BCUT2D eigenvalue weighted by molar-refractivity contribution is 0.412. The number of rotatable bonds is 3. The molecule has 96 valence electrons. The van der Waals surface area contributed by atoms with Crippen LogP contribution in [0.25, 0.3) is 16.9 Å². The third kappa shape index (κ3) is 2.36. The molecule has 0 radical (unpaired) electrons. The predicted octanol–water partition coefficient (Wildman–Crippen LogP) is 3.90. The fourth-order valence-corrected chi connectivity index (χ4v) is 2.37. The van der Waals surface area contributed by atoms with E-state index in [0.29, 0.717) is 0 Å². The van der Waals surface area contributed by atoms with Gasteiger partial charge in [-0.15, -0.1) is 0 Å². The molecule has 0 fully saturated rings. The van der Waals surface area contributed by atoms with E-state index < -0.39 is 0 Å². The summed E-state index contributed by atoms with van der Waals surface area (Å²) in [5, 5.41) is 0.871. The minimum atomic E-state index is 0.825. The van der Waals surface area contributed by atoms with Crippen LogP contribution < -0.4 is 4.74 Å². The zero-order valence-corrected chi connectivity index (χ0v) is 12.1. The van der Waals surface area contributed by atoms with Crippen molar-refractivity contribution in [1.29, 1.82) is 0 Å². The molecule has 1 aromatic carbocycles. The van der Waals surface area contributed by atoms with Gasteiger partial charge in [0.25, 0.3) is 0 Å². The molecule has 19 heavy (non-hydrogen) atoms. The number of methoxy groups -OCH3 is 1. The van der Waals surface area contributed by atoms with Crippen LogP contribution in [0.15, 0.2) is 48.8 Å². The van der Waals surface area contributed by atoms with Gasteiger partial charge in [0.2, 0.25) is 0 Å². The Morgan fingerprint density at radius 2 is 1.89 bits per heavy atom. The number of pyridine rings is 1. The Morgan fingerprint density at radius 3 is 2.58 bits per heavy atom. The zero-order chi connectivity index (χ0) is 13.2. The number of imidazole rings is 1. The van der Waals surface area contributed by atoms with E-state index in [0.717, 1.165) is 28.0 Å². The van der Waals surface area contributed by atoms with Gasteiger partial charge in [0.15, 0.2) is 0 Å². The molecule has 0 saturated heterocycles. The number of fused-ring (bicyclic) bond motifs is 1. The molecular weight excluding hydrogens is 304 g/mol. The van der Waals surface area contributed by atoms with Gasteiger partial charge in [-0.2, -0.15) is 0 Å². The molecule has 3 aromatic rings. The fourth-order valence-electron chi connectivity index (χ4n) is 2.00. The minimum Gasteiger partial charge on any atom is -0.495 e. The largest absolute Gasteiger partial charge is 0.495 e. The third-order valence-corrected chi connectivity index (χ3v) is 3.71. The summed E-state index contributed by atoms with van der Waals surface area (Å²) in [7, 11) is 1.66. The number of hydrogen-bond acceptors (Lipinski definition) is 2. The average molecular weight is 317 g/mol. The lowest BCUT2D eigenvalue weighted by atomic mass is 10.1. The van der Waals surface area contributed by atoms with E-state index in [1.54, 1.807) is 7.11 Å². The monoisotopic (exact) mass is 316 g/mol. The first-order valence-corrected chi connectivity index (χ1v) is 7.10. The van der Waals surface area contributed by atoms with Crippen molar-refractivity contribution < 1.29 is 4.74 Å². The molecule has 4 heteroatoms. The standard InChI is InChI=1S/C15H13BrN2O/c1-19-13-6-7-15-17-14(10-18(15)9-13)12-4-2-11(8-16)3-5-12/h2-7,9-10H,8H2,1H3. The van der Waals surface area contributed by atoms with Crippen molar-refractivity contribution in [2.45, 2.75) is 5.33 Å². The maximum absolute atomic E-state index is 5.21. The van der Waals surface area contributed by atoms with Gasteiger partial charge < -0.3 is 9.14 Å². The van der Waals surface area contributed by atoms with Crippen LogP contribution >= 0.6 is 15.9 Å². The third-order valence-electron chi connectivity index (χ3n) is 3.06. The first kappa shape index (κ1) is 12.2. The first-order chi connectivity index (χ1) is 9.30. The van der Waals surface area contributed by atoms with E-state index in [1.807, 2.05) is 28.9 Å². The SMILES string of the molecule is COc1ccc2nc(-c3ccc(CBr)cc3)cn2c1. The van der Waals surface area contributed by atoms with E-state index >= 15 is 0 Å². The second-order valence-corrected chi connectivity index (χ2v) is 4.85. The van der Waals surface area contributed by atoms with Crippen LogP contribution in [0.4, 0.5) is 0 Å². The molecule has 0 aliphatic heterocycles. The van der Waals surface area contributed by atoms with Gasteiger partial charge in [0.1, 0.15) is 11.4 Å². The van der Waals surface area contributed by atoms with Crippen molar-refractivity contribution in [3.63, 3.8) is 0 Å². The van der Waals surface area contributed by atoms with Gasteiger partial charge in [-0.05, 0) is 17.7 Å². The fraction of sp³-hybridized carbons (Fsp3) is 0.133. The molecule has 0 aliphatic rings. The number of hydrogen-bond donors (Lipinski definition) is 0. The van der Waals surface area contributed by atoms with Crippen molar-refractivity contribution in [3.8, 4) is 17.0 Å². The highest BCUT2D eigenvalue weighted by Crippen LogP contribution is 2.22. The topological polar surface area (TPSA) is 26.5 Å². The second-order valence-electron chi connectivity index (χ2n) is 4.29. The Labute approximate surface area is 120 Å². The molecular formula is C15H13BrN2O. The van der Waals surface area contributed by atoms with Crippen LogP contribution in [-0.2, 0) is 5.33 Å². The van der Waals surface area contributed by atoms with Crippen molar-refractivity contribution in [2.24, 2.45) is 0 Å². The smallest absolute Gasteiger partial charge is 0.137 e. The zero-order valence-electron chi connectivity index (χ0n) is 10.5. The summed E-state index contributed by atoms with van der Waals surface area (Å²) < 4.78 is 7.19. The van der Waals surface area contributed by atoms with Crippen LogP contribution in [0.2, 0.25) is 0 Å². The van der Waals surface area contributed by atoms with Gasteiger partial charge in [-0.25, -0.2) is 4.98 Å². The molecule has 0 N–H and O–H groups in total. The Bertz CT molecular complexity index is 704. The number of aromatic nitrogens is 2. The summed E-state index contributed by atoms with van der Waals surface area (Å²) in [6, 6.07) is 12.3. The van der Waals surface area contributed by atoms with Crippen molar-refractivity contribution >= 4 is 21.6 Å². The first-order valence-electron chi connectivity index (χ1n) is 5.98. The van der Waals surface area contributed by atoms with Gasteiger partial charge in [0.05, 0.1) is 19.0 Å². The Kier molecular flexibility index (Phi) is 3.25. The van der Waals surface area contributed by atoms with E-state index in [2.05, 4.69) is 45.2 Å². The molecule has 0 atom stereocenters. The maximum atomic E-state index is 5.21. The Morgan fingerprint density at radius 1 is 1.11 bits per heavy atom. The lowest BCUT2D eigenvalue weighted by Gasteiger charge is -1.98. The summed E-state index contributed by atoms with van der Waals surface area (Å²) in [6.45, 7) is 0. The molecule has 0 unspecified atom stereocenters. The Hall–Kier alpha value is -1.81. The number of nitrogens with zero attached hydrogens (tertiary/aromatic N) is 2. The maximum Gasteiger partial charge on any atom is 0.137 e. The molecule has 0 aliphatic carbocycles. The molecule has 0 saturated carbocycles. The summed E-state index contributed by atoms with van der Waals surface area (Å²) in [4.78, 5) is 4.61. The van der Waals surface area contributed by atoms with E-state index in [9.17, 15) is 0 Å². The molecule has 3 rings (SSSR count). The number of ether oxygens (including phenoxy) is 1. The average Bonchev–Trinajstić information content (AvgIpc) is 2.90. The van der Waals surface area contributed by atoms with Crippen molar-refractivity contribution in [2.75, 3.05) is 7.11 Å². The summed E-state index contributed by atoms with van der Waals surface area (Å²) in [5.41, 5.74) is 4.26. The highest BCUT2D eigenvalue weighted by molar-refractivity contribution is 9.08. The Balaban J connectivity index is 2.04. The van der Waals surface area contributed by atoms with Gasteiger partial charge in [-0.1, -0.05) is 40.2 Å². The van der Waals surface area contributed by atoms with Crippen molar-refractivity contribution in [1.82, 2.24) is 9.38 Å². The van der Waals surface area contributed by atoms with Gasteiger partial charge >= 0.3 is 0 Å². The predicted molar refractivity (Wildman–Crippen MR) is 79.8 cm³/mol. The van der Waals surface area contributed by atoms with Crippen LogP contribution in [0, 0.1) is 0 Å². The van der Waals surface area contributed by atoms with Crippen LogP contribution in [0.1, 0.15) is 5.56 Å². The normalized spacial score (nSPS) is 10.8. The molecule has 2 aromatic heterocycles.